The highest BCUT2D eigenvalue weighted by atomic mass is 19.2. The minimum absolute atomic E-state index is 0.270. The Morgan fingerprint density at radius 1 is 1.00 bits per heavy atom. The lowest BCUT2D eigenvalue weighted by molar-refractivity contribution is 0.509. The first-order chi connectivity index (χ1) is 14.1. The van der Waals surface area contributed by atoms with E-state index in [1.165, 1.54) is 12.3 Å². The molecule has 0 spiro atoms. The van der Waals surface area contributed by atoms with Gasteiger partial charge >= 0.3 is 0 Å². The number of nitrogens with zero attached hydrogens (tertiary/aromatic N) is 4. The minimum atomic E-state index is -0.979. The van der Waals surface area contributed by atoms with Crippen LogP contribution < -0.4 is 10.6 Å². The highest BCUT2D eigenvalue weighted by Crippen LogP contribution is 2.30. The number of nitrogens with one attached hydrogen (secondary N) is 2. The van der Waals surface area contributed by atoms with Crippen molar-refractivity contribution in [3.8, 4) is 6.07 Å². The Labute approximate surface area is 164 Å². The maximum atomic E-state index is 13.6. The third kappa shape index (κ3) is 3.94. The fourth-order valence-corrected chi connectivity index (χ4v) is 2.82. The summed E-state index contributed by atoms with van der Waals surface area (Å²) in [5.74, 6) is -1.35. The Morgan fingerprint density at radius 3 is 2.66 bits per heavy atom. The van der Waals surface area contributed by atoms with Crippen LogP contribution in [0.1, 0.15) is 11.1 Å². The van der Waals surface area contributed by atoms with Gasteiger partial charge in [0.05, 0.1) is 23.0 Å². The summed E-state index contributed by atoms with van der Waals surface area (Å²) in [5, 5.41) is 16.3. The van der Waals surface area contributed by atoms with E-state index in [0.717, 1.165) is 17.7 Å². The second-order valence-electron chi connectivity index (χ2n) is 6.21. The van der Waals surface area contributed by atoms with Gasteiger partial charge in [0.25, 0.3) is 0 Å². The van der Waals surface area contributed by atoms with Crippen LogP contribution in [0, 0.1) is 23.0 Å². The molecule has 8 heteroatoms. The van der Waals surface area contributed by atoms with Gasteiger partial charge in [0.2, 0.25) is 0 Å². The average molecular weight is 388 g/mol. The number of hydrogen-bond donors (Lipinski definition) is 2. The number of hydrogen-bond acceptors (Lipinski definition) is 6. The maximum absolute atomic E-state index is 13.6. The summed E-state index contributed by atoms with van der Waals surface area (Å²) in [5.41, 5.74) is 2.57. The van der Waals surface area contributed by atoms with Gasteiger partial charge in [-0.2, -0.15) is 5.26 Å². The summed E-state index contributed by atoms with van der Waals surface area (Å²) < 4.78 is 26.8. The lowest BCUT2D eigenvalue weighted by Gasteiger charge is -2.13. The number of pyridine rings is 3. The predicted octanol–water partition coefficient (Wildman–Crippen LogP) is 4.53. The highest BCUT2D eigenvalue weighted by molar-refractivity contribution is 5.96. The summed E-state index contributed by atoms with van der Waals surface area (Å²) in [6.45, 7) is 0.518. The molecule has 0 fully saturated rings. The van der Waals surface area contributed by atoms with Gasteiger partial charge in [0, 0.05) is 42.3 Å². The second-order valence-corrected chi connectivity index (χ2v) is 6.21. The zero-order chi connectivity index (χ0) is 20.2. The predicted molar refractivity (Wildman–Crippen MR) is 105 cm³/mol. The number of anilines is 3. The zero-order valence-electron chi connectivity index (χ0n) is 15.0. The molecule has 3 aromatic heterocycles. The van der Waals surface area contributed by atoms with Crippen LogP contribution in [-0.4, -0.2) is 15.0 Å². The van der Waals surface area contributed by atoms with Crippen molar-refractivity contribution < 1.29 is 8.78 Å². The molecule has 1 aromatic carbocycles. The molecular weight excluding hydrogens is 374 g/mol. The maximum Gasteiger partial charge on any atom is 0.160 e. The summed E-state index contributed by atoms with van der Waals surface area (Å²) in [6.07, 6.45) is 6.44. The van der Waals surface area contributed by atoms with E-state index in [-0.39, 0.29) is 5.56 Å². The lowest BCUT2D eigenvalue weighted by atomic mass is 10.1. The Morgan fingerprint density at radius 2 is 1.90 bits per heavy atom. The first kappa shape index (κ1) is 18.3. The van der Waals surface area contributed by atoms with Gasteiger partial charge in [0.15, 0.2) is 11.6 Å². The standard InChI is InChI=1S/C21H14F2N6/c22-17-4-3-15(6-18(17)23)29-21-14(8-24)11-26-19-12-28-20(7-16(19)21)27-10-13-2-1-5-25-9-13/h1-7,9,11-12H,10H2,(H,26,29)(H,27,28). The summed E-state index contributed by atoms with van der Waals surface area (Å²) in [4.78, 5) is 12.7. The van der Waals surface area contributed by atoms with Crippen molar-refractivity contribution in [1.29, 1.82) is 5.26 Å². The highest BCUT2D eigenvalue weighted by Gasteiger charge is 2.12. The van der Waals surface area contributed by atoms with Crippen molar-refractivity contribution in [2.24, 2.45) is 0 Å². The molecule has 6 nitrogen and oxygen atoms in total. The Balaban J connectivity index is 1.71. The van der Waals surface area contributed by atoms with Crippen LogP contribution in [0.25, 0.3) is 10.9 Å². The van der Waals surface area contributed by atoms with Crippen LogP contribution in [0.3, 0.4) is 0 Å². The van der Waals surface area contributed by atoms with Crippen LogP contribution in [0.5, 0.6) is 0 Å². The normalized spacial score (nSPS) is 10.5. The first-order valence-corrected chi connectivity index (χ1v) is 8.68. The van der Waals surface area contributed by atoms with Crippen molar-refractivity contribution in [3.63, 3.8) is 0 Å². The van der Waals surface area contributed by atoms with Crippen molar-refractivity contribution in [3.05, 3.63) is 83.9 Å². The smallest absolute Gasteiger partial charge is 0.160 e. The average Bonchev–Trinajstić information content (AvgIpc) is 2.76. The van der Waals surface area contributed by atoms with Crippen LogP contribution in [0.15, 0.2) is 61.2 Å². The molecule has 0 aliphatic rings. The topological polar surface area (TPSA) is 86.5 Å². The molecule has 4 rings (SSSR count). The largest absolute Gasteiger partial charge is 0.366 e. The zero-order valence-corrected chi connectivity index (χ0v) is 15.0. The van der Waals surface area contributed by atoms with Gasteiger partial charge < -0.3 is 10.6 Å². The second kappa shape index (κ2) is 7.86. The van der Waals surface area contributed by atoms with Gasteiger partial charge in [-0.05, 0) is 29.8 Å². The molecule has 0 bridgehead atoms. The van der Waals surface area contributed by atoms with Crippen LogP contribution in [-0.2, 0) is 6.54 Å². The lowest BCUT2D eigenvalue weighted by Crippen LogP contribution is -2.03. The molecule has 0 saturated carbocycles. The Bertz CT molecular complexity index is 1220. The SMILES string of the molecule is N#Cc1cnc2cnc(NCc3cccnc3)cc2c1Nc1ccc(F)c(F)c1. The van der Waals surface area contributed by atoms with E-state index in [9.17, 15) is 14.0 Å². The van der Waals surface area contributed by atoms with Gasteiger partial charge in [-0.15, -0.1) is 0 Å². The van der Waals surface area contributed by atoms with Crippen molar-refractivity contribution in [1.82, 2.24) is 15.0 Å². The fourth-order valence-electron chi connectivity index (χ4n) is 2.82. The molecule has 0 unspecified atom stereocenters. The van der Waals surface area contributed by atoms with E-state index in [0.29, 0.717) is 34.6 Å². The van der Waals surface area contributed by atoms with Gasteiger partial charge in [-0.3, -0.25) is 9.97 Å². The molecule has 0 amide bonds. The molecule has 0 aliphatic heterocycles. The van der Waals surface area contributed by atoms with E-state index >= 15 is 0 Å². The summed E-state index contributed by atoms with van der Waals surface area (Å²) in [6, 6.07) is 11.1. The van der Waals surface area contributed by atoms with Gasteiger partial charge in [-0.1, -0.05) is 6.07 Å². The minimum Gasteiger partial charge on any atom is -0.366 e. The number of benzene rings is 1. The molecule has 0 aliphatic carbocycles. The third-order valence-corrected chi connectivity index (χ3v) is 4.26. The molecule has 2 N–H and O–H groups in total. The van der Waals surface area contributed by atoms with Gasteiger partial charge in [0.1, 0.15) is 11.9 Å². The van der Waals surface area contributed by atoms with Crippen LogP contribution in [0.2, 0.25) is 0 Å². The molecule has 3 heterocycles. The molecule has 0 atom stereocenters. The van der Waals surface area contributed by atoms with E-state index in [1.807, 2.05) is 12.1 Å². The molecule has 142 valence electrons. The molecule has 4 aromatic rings. The van der Waals surface area contributed by atoms with Crippen molar-refractivity contribution in [2.45, 2.75) is 6.54 Å². The quantitative estimate of drug-likeness (QED) is 0.522. The van der Waals surface area contributed by atoms with Crippen LogP contribution in [0.4, 0.5) is 26.0 Å². The number of rotatable bonds is 5. The van der Waals surface area contributed by atoms with Crippen molar-refractivity contribution in [2.75, 3.05) is 10.6 Å². The van der Waals surface area contributed by atoms with E-state index in [1.54, 1.807) is 24.7 Å². The number of halogens is 2. The van der Waals surface area contributed by atoms with E-state index in [4.69, 9.17) is 0 Å². The van der Waals surface area contributed by atoms with Gasteiger partial charge in [-0.25, -0.2) is 13.8 Å². The molecule has 29 heavy (non-hydrogen) atoms. The number of nitriles is 1. The molecule has 0 saturated heterocycles. The Hall–Kier alpha value is -4.12. The Kier molecular flexibility index (Phi) is 4.95. The summed E-state index contributed by atoms with van der Waals surface area (Å²) in [7, 11) is 0. The number of fused-ring (bicyclic) bond motifs is 1. The van der Waals surface area contributed by atoms with Crippen LogP contribution >= 0.6 is 0 Å². The number of aromatic nitrogens is 3. The molecule has 0 radical (unpaired) electrons. The van der Waals surface area contributed by atoms with E-state index in [2.05, 4.69) is 31.7 Å². The van der Waals surface area contributed by atoms with Crippen molar-refractivity contribution >= 4 is 28.1 Å². The molecular formula is C21H14F2N6. The fraction of sp³-hybridized carbons (Fsp3) is 0.0476. The van der Waals surface area contributed by atoms with E-state index < -0.39 is 11.6 Å². The first-order valence-electron chi connectivity index (χ1n) is 8.68. The third-order valence-electron chi connectivity index (χ3n) is 4.26. The monoisotopic (exact) mass is 388 g/mol. The summed E-state index contributed by atoms with van der Waals surface area (Å²) >= 11 is 0.